The Labute approximate surface area is 206 Å². The molecule has 0 fully saturated rings. The summed E-state index contributed by atoms with van der Waals surface area (Å²) in [6.45, 7) is 0. The molecule has 4 aromatic rings. The summed E-state index contributed by atoms with van der Waals surface area (Å²) in [4.78, 5) is 5.77. The lowest BCUT2D eigenvalue weighted by Gasteiger charge is -2.42. The molecule has 1 nitrogen and oxygen atoms in total. The quantitative estimate of drug-likeness (QED) is 0.352. The van der Waals surface area contributed by atoms with Gasteiger partial charge in [0.15, 0.2) is 0 Å². The van der Waals surface area contributed by atoms with E-state index in [1.165, 1.54) is 58.0 Å². The van der Waals surface area contributed by atoms with E-state index in [0.29, 0.717) is 0 Å². The molecule has 1 unspecified atom stereocenters. The van der Waals surface area contributed by atoms with E-state index in [0.717, 1.165) is 0 Å². The molecular weight excluding hydrogens is 442 g/mol. The first-order valence-electron chi connectivity index (χ1n) is 12.1. The maximum Gasteiger partial charge on any atom is 0.0791 e. The number of benzene rings is 4. The van der Waals surface area contributed by atoms with Crippen molar-refractivity contribution in [2.75, 3.05) is 5.32 Å². The number of nitrogens with one attached hydrogen (secondary N) is 1. The van der Waals surface area contributed by atoms with Crippen LogP contribution in [0.1, 0.15) is 5.56 Å². The number of hydrogen-bond acceptors (Lipinski definition) is 1. The van der Waals surface area contributed by atoms with E-state index in [1.807, 2.05) is 0 Å². The number of para-hydroxylation sites is 1. The standard InChI is InChI=1S/C33H23NS/c1-3-12-23(13-4-1)35(24-14-5-2-6-15-24)30-20-19-27-26-17-9-10-18-29(26)34-32(27)31(30)28-21-22-11-7-8-16-25(22)33(28)35/h1-21,32,34H. The number of allylic oxidation sites excluding steroid dienone is 2. The minimum Gasteiger partial charge on any atom is -0.374 e. The third kappa shape index (κ3) is 2.40. The fourth-order valence-electron chi connectivity index (χ4n) is 6.33. The number of anilines is 1. The SMILES string of the molecule is C1=C2c3ccccc3NC2C2=C3C=c4ccccc4=C3S(c3ccccc3)(c3ccccc3)C2=C1. The first-order valence-corrected chi connectivity index (χ1v) is 13.8. The van der Waals surface area contributed by atoms with Gasteiger partial charge in [0.25, 0.3) is 0 Å². The van der Waals surface area contributed by atoms with Crippen LogP contribution < -0.4 is 15.8 Å². The summed E-state index contributed by atoms with van der Waals surface area (Å²) in [5.41, 5.74) is 6.80. The molecule has 0 aromatic heterocycles. The predicted molar refractivity (Wildman–Crippen MR) is 148 cm³/mol. The first kappa shape index (κ1) is 19.3. The molecule has 0 spiro atoms. The van der Waals surface area contributed by atoms with Crippen LogP contribution in [0.25, 0.3) is 16.6 Å². The smallest absolute Gasteiger partial charge is 0.0791 e. The second-order valence-electron chi connectivity index (χ2n) is 9.40. The lowest BCUT2D eigenvalue weighted by atomic mass is 9.89. The summed E-state index contributed by atoms with van der Waals surface area (Å²) >= 11 is 0. The lowest BCUT2D eigenvalue weighted by Crippen LogP contribution is -2.25. The van der Waals surface area contributed by atoms with Crippen molar-refractivity contribution < 1.29 is 0 Å². The normalized spacial score (nSPS) is 20.9. The molecule has 35 heavy (non-hydrogen) atoms. The van der Waals surface area contributed by atoms with E-state index in [2.05, 4.69) is 133 Å². The Morgan fingerprint density at radius 2 is 1.29 bits per heavy atom. The van der Waals surface area contributed by atoms with E-state index in [1.54, 1.807) is 0 Å². The van der Waals surface area contributed by atoms with Crippen LogP contribution in [0.4, 0.5) is 5.69 Å². The van der Waals surface area contributed by atoms with Crippen LogP contribution >= 0.6 is 10.0 Å². The highest BCUT2D eigenvalue weighted by Crippen LogP contribution is 2.82. The molecule has 4 aromatic carbocycles. The molecule has 1 N–H and O–H groups in total. The minimum absolute atomic E-state index is 0.171. The van der Waals surface area contributed by atoms with Gasteiger partial charge in [-0.15, -0.1) is 10.0 Å². The molecule has 1 atom stereocenters. The maximum absolute atomic E-state index is 3.90. The highest BCUT2D eigenvalue weighted by Gasteiger charge is 2.51. The Hall–Kier alpha value is -4.01. The number of hydrogen-bond donors (Lipinski definition) is 1. The molecular formula is C33H23NS. The third-order valence-electron chi connectivity index (χ3n) is 7.69. The van der Waals surface area contributed by atoms with Gasteiger partial charge in [-0.1, -0.05) is 84.9 Å². The van der Waals surface area contributed by atoms with Gasteiger partial charge in [-0.25, -0.2) is 0 Å². The highest BCUT2D eigenvalue weighted by molar-refractivity contribution is 8.44. The summed E-state index contributed by atoms with van der Waals surface area (Å²) in [7, 11) is -1.65. The van der Waals surface area contributed by atoms with Crippen LogP contribution in [-0.2, 0) is 0 Å². The Morgan fingerprint density at radius 1 is 0.629 bits per heavy atom. The molecule has 0 amide bonds. The van der Waals surface area contributed by atoms with E-state index in [-0.39, 0.29) is 6.04 Å². The van der Waals surface area contributed by atoms with E-state index >= 15 is 0 Å². The van der Waals surface area contributed by atoms with E-state index < -0.39 is 10.0 Å². The topological polar surface area (TPSA) is 12.0 Å². The zero-order valence-corrected chi connectivity index (χ0v) is 19.9. The molecule has 0 saturated carbocycles. The van der Waals surface area contributed by atoms with Crippen LogP contribution in [0, 0.1) is 0 Å². The van der Waals surface area contributed by atoms with Crippen molar-refractivity contribution in [1.29, 1.82) is 0 Å². The highest BCUT2D eigenvalue weighted by atomic mass is 32.3. The van der Waals surface area contributed by atoms with Crippen molar-refractivity contribution in [2.45, 2.75) is 15.8 Å². The zero-order chi connectivity index (χ0) is 23.0. The molecule has 2 heteroatoms. The Morgan fingerprint density at radius 3 is 2.06 bits per heavy atom. The van der Waals surface area contributed by atoms with Crippen molar-refractivity contribution in [3.8, 4) is 0 Å². The Bertz CT molecular complexity index is 1720. The van der Waals surface area contributed by atoms with Crippen LogP contribution in [0.15, 0.2) is 147 Å². The third-order valence-corrected chi connectivity index (χ3v) is 11.7. The summed E-state index contributed by atoms with van der Waals surface area (Å²) in [6.07, 6.45) is 7.27. The van der Waals surface area contributed by atoms with Gasteiger partial charge < -0.3 is 5.32 Å². The molecule has 2 heterocycles. The maximum atomic E-state index is 3.90. The van der Waals surface area contributed by atoms with Gasteiger partial charge in [0.05, 0.1) is 6.04 Å². The van der Waals surface area contributed by atoms with Crippen molar-refractivity contribution >= 4 is 32.3 Å². The van der Waals surface area contributed by atoms with Gasteiger partial charge >= 0.3 is 0 Å². The van der Waals surface area contributed by atoms with Gasteiger partial charge in [-0.3, -0.25) is 0 Å². The van der Waals surface area contributed by atoms with Gasteiger partial charge in [0, 0.05) is 36.4 Å². The van der Waals surface area contributed by atoms with Gasteiger partial charge in [-0.2, -0.15) is 0 Å². The van der Waals surface area contributed by atoms with Gasteiger partial charge in [-0.05, 0) is 64.1 Å². The second-order valence-corrected chi connectivity index (χ2v) is 12.4. The van der Waals surface area contributed by atoms with Crippen LogP contribution in [0.2, 0.25) is 0 Å². The minimum atomic E-state index is -1.65. The molecule has 0 saturated heterocycles. The number of rotatable bonds is 2. The van der Waals surface area contributed by atoms with Crippen molar-refractivity contribution in [2.24, 2.45) is 0 Å². The zero-order valence-electron chi connectivity index (χ0n) is 19.1. The molecule has 166 valence electrons. The van der Waals surface area contributed by atoms with Crippen LogP contribution in [0.3, 0.4) is 0 Å². The molecule has 0 bridgehead atoms. The summed E-state index contributed by atoms with van der Waals surface area (Å²) < 4.78 is 0. The molecule has 2 aliphatic carbocycles. The van der Waals surface area contributed by atoms with E-state index in [4.69, 9.17) is 0 Å². The predicted octanol–water partition coefficient (Wildman–Crippen LogP) is 6.60. The molecule has 4 aliphatic rings. The summed E-state index contributed by atoms with van der Waals surface area (Å²) in [5.74, 6) is 0. The Kier molecular flexibility index (Phi) is 3.86. The van der Waals surface area contributed by atoms with Crippen LogP contribution in [-0.4, -0.2) is 6.04 Å². The fraction of sp³-hybridized carbons (Fsp3) is 0.0303. The molecule has 2 aliphatic heterocycles. The summed E-state index contributed by atoms with van der Waals surface area (Å²) in [6, 6.07) is 40.3. The first-order chi connectivity index (χ1) is 17.4. The largest absolute Gasteiger partial charge is 0.374 e. The average Bonchev–Trinajstić information content (AvgIpc) is 3.57. The number of fused-ring (bicyclic) bond motifs is 7. The van der Waals surface area contributed by atoms with Gasteiger partial charge in [0.2, 0.25) is 0 Å². The summed E-state index contributed by atoms with van der Waals surface area (Å²) in [5, 5.41) is 6.61. The van der Waals surface area contributed by atoms with Gasteiger partial charge in [0.1, 0.15) is 0 Å². The van der Waals surface area contributed by atoms with Crippen LogP contribution in [0.5, 0.6) is 0 Å². The fourth-order valence-corrected chi connectivity index (χ4v) is 10.8. The molecule has 0 radical (unpaired) electrons. The van der Waals surface area contributed by atoms with Crippen molar-refractivity contribution in [3.63, 3.8) is 0 Å². The average molecular weight is 466 g/mol. The second kappa shape index (κ2) is 7.00. The van der Waals surface area contributed by atoms with Crippen molar-refractivity contribution in [1.82, 2.24) is 0 Å². The molecule has 8 rings (SSSR count). The monoisotopic (exact) mass is 465 g/mol. The van der Waals surface area contributed by atoms with Crippen molar-refractivity contribution in [3.05, 3.63) is 153 Å². The Balaban J connectivity index is 1.54. The lowest BCUT2D eigenvalue weighted by molar-refractivity contribution is 1.09. The van der Waals surface area contributed by atoms with E-state index in [9.17, 15) is 0 Å².